The molecule has 0 aromatic rings. The normalized spacial score (nSPS) is 26.6. The summed E-state index contributed by atoms with van der Waals surface area (Å²) in [6, 6.07) is 0. The van der Waals surface area contributed by atoms with Gasteiger partial charge in [0, 0.05) is 26.2 Å². The summed E-state index contributed by atoms with van der Waals surface area (Å²) in [5.74, 6) is 0. The second-order valence-electron chi connectivity index (χ2n) is 4.16. The highest BCUT2D eigenvalue weighted by molar-refractivity contribution is 4.77. The van der Waals surface area contributed by atoms with Crippen molar-refractivity contribution in [2.45, 2.75) is 12.8 Å². The van der Waals surface area contributed by atoms with E-state index in [1.165, 1.54) is 39.0 Å². The van der Waals surface area contributed by atoms with Crippen molar-refractivity contribution in [3.63, 3.8) is 0 Å². The van der Waals surface area contributed by atoms with Gasteiger partial charge in [-0.25, -0.2) is 0 Å². The molecule has 0 aromatic carbocycles. The third-order valence-corrected chi connectivity index (χ3v) is 3.14. The predicted octanol–water partition coefficient (Wildman–Crippen LogP) is 0.619. The molecule has 0 N–H and O–H groups in total. The Bertz CT molecular complexity index is 133. The van der Waals surface area contributed by atoms with Crippen molar-refractivity contribution >= 4 is 0 Å². The lowest BCUT2D eigenvalue weighted by atomic mass is 10.1. The van der Waals surface area contributed by atoms with Crippen LogP contribution in [0.2, 0.25) is 0 Å². The fourth-order valence-corrected chi connectivity index (χ4v) is 2.14. The van der Waals surface area contributed by atoms with Gasteiger partial charge in [-0.2, -0.15) is 0 Å². The quantitative estimate of drug-likeness (QED) is 0.659. The van der Waals surface area contributed by atoms with Crippen LogP contribution in [0.3, 0.4) is 0 Å². The van der Waals surface area contributed by atoms with Crippen LogP contribution in [0.5, 0.6) is 0 Å². The molecule has 3 nitrogen and oxygen atoms in total. The minimum absolute atomic E-state index is 0.924. The Morgan fingerprint density at radius 3 is 2.07 bits per heavy atom. The van der Waals surface area contributed by atoms with Gasteiger partial charge in [0.15, 0.2) is 0 Å². The SMILES string of the molecule is [CH]1CCN(CCN2CCOCC2)CC1. The van der Waals surface area contributed by atoms with Crippen LogP contribution in [-0.2, 0) is 4.74 Å². The van der Waals surface area contributed by atoms with Gasteiger partial charge in [0.25, 0.3) is 0 Å². The van der Waals surface area contributed by atoms with E-state index in [2.05, 4.69) is 16.2 Å². The molecule has 0 saturated carbocycles. The van der Waals surface area contributed by atoms with Crippen LogP contribution in [0.1, 0.15) is 12.8 Å². The summed E-state index contributed by atoms with van der Waals surface area (Å²) in [6.07, 6.45) is 4.97. The van der Waals surface area contributed by atoms with E-state index in [-0.39, 0.29) is 0 Å². The summed E-state index contributed by atoms with van der Waals surface area (Å²) in [6.45, 7) is 9.10. The third-order valence-electron chi connectivity index (χ3n) is 3.14. The predicted molar refractivity (Wildman–Crippen MR) is 57.2 cm³/mol. The van der Waals surface area contributed by atoms with Gasteiger partial charge in [0.2, 0.25) is 0 Å². The molecule has 0 aromatic heterocycles. The summed E-state index contributed by atoms with van der Waals surface area (Å²) in [7, 11) is 0. The largest absolute Gasteiger partial charge is 0.379 e. The zero-order chi connectivity index (χ0) is 9.64. The first kappa shape index (κ1) is 10.4. The van der Waals surface area contributed by atoms with Gasteiger partial charge in [-0.3, -0.25) is 4.90 Å². The zero-order valence-corrected chi connectivity index (χ0v) is 8.95. The van der Waals surface area contributed by atoms with Gasteiger partial charge in [-0.15, -0.1) is 0 Å². The van der Waals surface area contributed by atoms with Crippen molar-refractivity contribution in [1.82, 2.24) is 9.80 Å². The number of likely N-dealkylation sites (tertiary alicyclic amines) is 1. The fraction of sp³-hybridized carbons (Fsp3) is 0.909. The van der Waals surface area contributed by atoms with Gasteiger partial charge in [0.05, 0.1) is 13.2 Å². The van der Waals surface area contributed by atoms with Crippen LogP contribution in [0.15, 0.2) is 0 Å². The number of ether oxygens (including phenoxy) is 1. The number of hydrogen-bond donors (Lipinski definition) is 0. The molecule has 2 rings (SSSR count). The van der Waals surface area contributed by atoms with Crippen molar-refractivity contribution in [3.8, 4) is 0 Å². The van der Waals surface area contributed by atoms with Crippen molar-refractivity contribution in [1.29, 1.82) is 0 Å². The van der Waals surface area contributed by atoms with Gasteiger partial charge in [0.1, 0.15) is 0 Å². The van der Waals surface area contributed by atoms with Gasteiger partial charge < -0.3 is 9.64 Å². The Labute approximate surface area is 87.0 Å². The van der Waals surface area contributed by atoms with E-state index in [4.69, 9.17) is 4.74 Å². The van der Waals surface area contributed by atoms with Crippen LogP contribution in [-0.4, -0.2) is 62.3 Å². The summed E-state index contributed by atoms with van der Waals surface area (Å²) in [5, 5.41) is 0. The van der Waals surface area contributed by atoms with Crippen molar-refractivity contribution in [3.05, 3.63) is 6.42 Å². The number of piperidine rings is 1. The summed E-state index contributed by atoms with van der Waals surface area (Å²) in [4.78, 5) is 5.09. The number of rotatable bonds is 3. The molecule has 0 atom stereocenters. The molecule has 1 radical (unpaired) electrons. The molecule has 0 unspecified atom stereocenters. The lowest BCUT2D eigenvalue weighted by Gasteiger charge is -2.31. The molecule has 0 amide bonds. The third kappa shape index (κ3) is 3.23. The Morgan fingerprint density at radius 2 is 1.43 bits per heavy atom. The van der Waals surface area contributed by atoms with E-state index in [1.807, 2.05) is 0 Å². The van der Waals surface area contributed by atoms with Crippen molar-refractivity contribution < 1.29 is 4.74 Å². The topological polar surface area (TPSA) is 15.7 Å². The van der Waals surface area contributed by atoms with Crippen molar-refractivity contribution in [2.24, 2.45) is 0 Å². The highest BCUT2D eigenvalue weighted by Gasteiger charge is 2.13. The minimum atomic E-state index is 0.924. The molecular weight excluding hydrogens is 176 g/mol. The average Bonchev–Trinajstić information content (AvgIpc) is 2.29. The standard InChI is InChI=1S/C11H21N2O/c1-2-4-12(5-3-1)6-7-13-8-10-14-11-9-13/h1H,2-11H2. The number of nitrogens with zero attached hydrogens (tertiary/aromatic N) is 2. The van der Waals surface area contributed by atoms with E-state index in [1.54, 1.807) is 0 Å². The van der Waals surface area contributed by atoms with E-state index in [0.29, 0.717) is 0 Å². The van der Waals surface area contributed by atoms with Crippen LogP contribution in [0, 0.1) is 6.42 Å². The van der Waals surface area contributed by atoms with E-state index in [9.17, 15) is 0 Å². The first-order chi connectivity index (χ1) is 6.95. The molecule has 0 bridgehead atoms. The Hall–Kier alpha value is -0.120. The molecule has 81 valence electrons. The molecule has 2 saturated heterocycles. The van der Waals surface area contributed by atoms with Crippen LogP contribution < -0.4 is 0 Å². The highest BCUT2D eigenvalue weighted by Crippen LogP contribution is 2.07. The maximum atomic E-state index is 5.33. The molecule has 14 heavy (non-hydrogen) atoms. The molecule has 3 heteroatoms. The van der Waals surface area contributed by atoms with E-state index >= 15 is 0 Å². The molecule has 2 aliphatic heterocycles. The van der Waals surface area contributed by atoms with Gasteiger partial charge in [-0.1, -0.05) is 0 Å². The average molecular weight is 197 g/mol. The first-order valence-corrected chi connectivity index (χ1v) is 5.79. The monoisotopic (exact) mass is 197 g/mol. The number of hydrogen-bond acceptors (Lipinski definition) is 3. The Balaban J connectivity index is 1.60. The zero-order valence-electron chi connectivity index (χ0n) is 8.95. The lowest BCUT2D eigenvalue weighted by Crippen LogP contribution is -2.42. The fourth-order valence-electron chi connectivity index (χ4n) is 2.14. The van der Waals surface area contributed by atoms with Gasteiger partial charge in [-0.05, 0) is 32.4 Å². The number of morpholine rings is 1. The maximum Gasteiger partial charge on any atom is 0.0594 e. The second kappa shape index (κ2) is 5.69. The molecular formula is C11H21N2O. The minimum Gasteiger partial charge on any atom is -0.379 e. The van der Waals surface area contributed by atoms with Crippen molar-refractivity contribution in [2.75, 3.05) is 52.5 Å². The smallest absolute Gasteiger partial charge is 0.0594 e. The molecule has 2 aliphatic rings. The van der Waals surface area contributed by atoms with E-state index in [0.717, 1.165) is 26.3 Å². The van der Waals surface area contributed by atoms with Crippen LogP contribution in [0.25, 0.3) is 0 Å². The van der Waals surface area contributed by atoms with Crippen LogP contribution >= 0.6 is 0 Å². The molecule has 2 fully saturated rings. The molecule has 0 spiro atoms. The van der Waals surface area contributed by atoms with E-state index < -0.39 is 0 Å². The lowest BCUT2D eigenvalue weighted by molar-refractivity contribution is 0.0329. The summed E-state index contributed by atoms with van der Waals surface area (Å²) >= 11 is 0. The van der Waals surface area contributed by atoms with Crippen LogP contribution in [0.4, 0.5) is 0 Å². The summed E-state index contributed by atoms with van der Waals surface area (Å²) in [5.41, 5.74) is 0. The molecule has 2 heterocycles. The highest BCUT2D eigenvalue weighted by atomic mass is 16.5. The summed E-state index contributed by atoms with van der Waals surface area (Å²) < 4.78 is 5.33. The van der Waals surface area contributed by atoms with Gasteiger partial charge >= 0.3 is 0 Å². The maximum absolute atomic E-state index is 5.33. The molecule has 0 aliphatic carbocycles. The Kier molecular flexibility index (Phi) is 4.22. The second-order valence-corrected chi connectivity index (χ2v) is 4.16. The Morgan fingerprint density at radius 1 is 0.857 bits per heavy atom. The first-order valence-electron chi connectivity index (χ1n) is 5.79.